The van der Waals surface area contributed by atoms with Crippen molar-refractivity contribution in [2.45, 2.75) is 76.7 Å². The van der Waals surface area contributed by atoms with Gasteiger partial charge in [0.15, 0.2) is 5.78 Å². The third-order valence-corrected chi connectivity index (χ3v) is 12.0. The molecule has 1 unspecified atom stereocenters. The number of ketones is 1. The Morgan fingerprint density at radius 1 is 1.02 bits per heavy atom. The van der Waals surface area contributed by atoms with Crippen LogP contribution in [0.1, 0.15) is 64.0 Å². The first-order valence-corrected chi connectivity index (χ1v) is 18.8. The number of hydrogen-bond donors (Lipinski definition) is 3. The van der Waals surface area contributed by atoms with Crippen LogP contribution in [0.4, 0.5) is 0 Å². The van der Waals surface area contributed by atoms with Crippen LogP contribution in [0.2, 0.25) is 0 Å². The number of allylic oxidation sites excluding steroid dienone is 3. The molecule has 50 heavy (non-hydrogen) atoms. The van der Waals surface area contributed by atoms with Crippen LogP contribution in [0.25, 0.3) is 0 Å². The van der Waals surface area contributed by atoms with Gasteiger partial charge >= 0.3 is 11.9 Å². The number of nitrogens with zero attached hydrogens (tertiary/aromatic N) is 1. The van der Waals surface area contributed by atoms with Crippen LogP contribution in [0.15, 0.2) is 58.2 Å². The van der Waals surface area contributed by atoms with E-state index in [0.717, 1.165) is 58.0 Å². The number of carbonyl (C=O) groups is 6. The molecule has 0 radical (unpaired) electrons. The number of amides is 3. The lowest BCUT2D eigenvalue weighted by molar-refractivity contribution is -0.148. The highest BCUT2D eigenvalue weighted by atomic mass is 32.2. The van der Waals surface area contributed by atoms with E-state index < -0.39 is 28.2 Å². The van der Waals surface area contributed by atoms with Crippen molar-refractivity contribution < 1.29 is 43.3 Å². The van der Waals surface area contributed by atoms with Gasteiger partial charge in [0.2, 0.25) is 17.7 Å². The second kappa shape index (κ2) is 15.7. The third kappa shape index (κ3) is 7.93. The number of Topliss-reactive ketones (excluding diaryl/α,β-unsaturated/α-hetero) is 1. The van der Waals surface area contributed by atoms with Crippen molar-refractivity contribution in [3.05, 3.63) is 69.3 Å². The van der Waals surface area contributed by atoms with Gasteiger partial charge in [-0.1, -0.05) is 29.8 Å². The minimum Gasteiger partial charge on any atom is -0.461 e. The Balaban J connectivity index is 0.968. The third-order valence-electron chi connectivity index (χ3n) is 9.94. The molecule has 1 aromatic carbocycles. The number of imide groups is 1. The summed E-state index contributed by atoms with van der Waals surface area (Å²) < 4.78 is 10.4. The lowest BCUT2D eigenvalue weighted by Crippen LogP contribution is -2.49. The zero-order valence-corrected chi connectivity index (χ0v) is 30.1. The number of aryl methyl sites for hydroxylation is 1. The summed E-state index contributed by atoms with van der Waals surface area (Å²) in [6, 6.07) is 7.49. The number of benzene rings is 1. The van der Waals surface area contributed by atoms with E-state index in [1.165, 1.54) is 16.7 Å². The minimum atomic E-state index is -1.40. The van der Waals surface area contributed by atoms with Crippen molar-refractivity contribution in [3.8, 4) is 0 Å². The lowest BCUT2D eigenvalue weighted by atomic mass is 9.67. The Morgan fingerprint density at radius 2 is 1.66 bits per heavy atom. The number of aliphatic hydroxyl groups is 1. The van der Waals surface area contributed by atoms with Gasteiger partial charge < -0.3 is 14.6 Å². The van der Waals surface area contributed by atoms with Crippen LogP contribution in [-0.4, -0.2) is 86.8 Å². The van der Waals surface area contributed by atoms with Crippen molar-refractivity contribution >= 4 is 59.0 Å². The van der Waals surface area contributed by atoms with Crippen molar-refractivity contribution in [1.29, 1.82) is 0 Å². The molecule has 1 aromatic rings. The maximum atomic E-state index is 13.1. The number of rotatable bonds is 16. The van der Waals surface area contributed by atoms with Crippen LogP contribution in [-0.2, 0) is 51.2 Å². The SMILES string of the molecule is CC1=C(CSCC(=O)OCCOC(=O)CSC2CC(=O)N(Cc3ccc(CCCC(=O)NN)cc3)C2=O)C2=C(C)C3(CC3)[C@@](C)(O)C(=O)C2=C1. The van der Waals surface area contributed by atoms with E-state index in [9.17, 15) is 33.9 Å². The number of esters is 2. The zero-order valence-electron chi connectivity index (χ0n) is 28.5. The topological polar surface area (TPSA) is 182 Å². The number of nitrogens with one attached hydrogen (secondary N) is 1. The lowest BCUT2D eigenvalue weighted by Gasteiger charge is -2.39. The number of ether oxygens (including phenoxy) is 2. The maximum absolute atomic E-state index is 13.1. The summed E-state index contributed by atoms with van der Waals surface area (Å²) in [5.41, 5.74) is 6.46. The molecule has 3 amide bonds. The van der Waals surface area contributed by atoms with Crippen molar-refractivity contribution in [1.82, 2.24) is 10.3 Å². The number of likely N-dealkylation sites (tertiary alicyclic amines) is 1. The molecule has 12 nitrogen and oxygen atoms in total. The predicted octanol–water partition coefficient (Wildman–Crippen LogP) is 2.87. The van der Waals surface area contributed by atoms with E-state index in [4.69, 9.17) is 15.3 Å². The van der Waals surface area contributed by atoms with E-state index in [-0.39, 0.29) is 61.2 Å². The van der Waals surface area contributed by atoms with Gasteiger partial charge in [-0.3, -0.25) is 39.1 Å². The fourth-order valence-corrected chi connectivity index (χ4v) is 8.75. The summed E-state index contributed by atoms with van der Waals surface area (Å²) in [6.45, 7) is 5.43. The Bertz CT molecular complexity index is 1680. The number of thioether (sulfide) groups is 2. The maximum Gasteiger partial charge on any atom is 0.316 e. The summed E-state index contributed by atoms with van der Waals surface area (Å²) >= 11 is 2.42. The predicted molar refractivity (Wildman–Crippen MR) is 188 cm³/mol. The summed E-state index contributed by atoms with van der Waals surface area (Å²) in [5, 5.41) is 10.3. The van der Waals surface area contributed by atoms with Gasteiger partial charge in [-0.2, -0.15) is 0 Å². The van der Waals surface area contributed by atoms with E-state index >= 15 is 0 Å². The van der Waals surface area contributed by atoms with Gasteiger partial charge in [0.1, 0.15) is 18.8 Å². The Kier molecular flexibility index (Phi) is 11.8. The van der Waals surface area contributed by atoms with Gasteiger partial charge in [-0.05, 0) is 80.4 Å². The summed E-state index contributed by atoms with van der Waals surface area (Å²) in [5.74, 6) is 3.39. The Morgan fingerprint density at radius 3 is 2.30 bits per heavy atom. The van der Waals surface area contributed by atoms with Gasteiger partial charge in [-0.15, -0.1) is 23.5 Å². The van der Waals surface area contributed by atoms with Crippen LogP contribution in [0, 0.1) is 5.41 Å². The molecule has 0 bridgehead atoms. The average molecular weight is 726 g/mol. The van der Waals surface area contributed by atoms with Gasteiger partial charge in [0.05, 0.1) is 23.3 Å². The molecular formula is C36H43N3O9S2. The number of fused-ring (bicyclic) bond motifs is 1. The number of carbonyl (C=O) groups excluding carboxylic acids is 6. The number of hydrogen-bond acceptors (Lipinski definition) is 12. The smallest absolute Gasteiger partial charge is 0.316 e. The first kappa shape index (κ1) is 37.5. The van der Waals surface area contributed by atoms with E-state index in [1.807, 2.05) is 44.2 Å². The molecule has 1 saturated carbocycles. The second-order valence-corrected chi connectivity index (χ2v) is 15.4. The van der Waals surface area contributed by atoms with Crippen molar-refractivity contribution in [2.24, 2.45) is 11.3 Å². The molecule has 2 atom stereocenters. The van der Waals surface area contributed by atoms with Crippen LogP contribution in [0.5, 0.6) is 0 Å². The van der Waals surface area contributed by atoms with Crippen molar-refractivity contribution in [3.63, 3.8) is 0 Å². The average Bonchev–Trinajstić information content (AvgIpc) is 3.79. The summed E-state index contributed by atoms with van der Waals surface area (Å²) in [7, 11) is 0. The molecule has 2 fully saturated rings. The van der Waals surface area contributed by atoms with Gasteiger partial charge in [0, 0.05) is 29.6 Å². The molecule has 1 aliphatic heterocycles. The van der Waals surface area contributed by atoms with Crippen LogP contribution >= 0.6 is 23.5 Å². The molecular weight excluding hydrogens is 683 g/mol. The molecule has 4 N–H and O–H groups in total. The molecule has 0 aromatic heterocycles. The van der Waals surface area contributed by atoms with Gasteiger partial charge in [0.25, 0.3) is 0 Å². The van der Waals surface area contributed by atoms with E-state index in [1.54, 1.807) is 6.92 Å². The van der Waals surface area contributed by atoms with Gasteiger partial charge in [-0.25, -0.2) is 5.84 Å². The highest BCUT2D eigenvalue weighted by molar-refractivity contribution is 8.01. The summed E-state index contributed by atoms with van der Waals surface area (Å²) in [6.07, 6.45) is 5.05. The van der Waals surface area contributed by atoms with E-state index in [0.29, 0.717) is 30.6 Å². The first-order valence-electron chi connectivity index (χ1n) is 16.6. The van der Waals surface area contributed by atoms with E-state index in [2.05, 4.69) is 5.43 Å². The molecule has 3 aliphatic carbocycles. The number of hydrazine groups is 1. The normalized spacial score (nSPS) is 22.3. The molecule has 1 spiro atoms. The highest BCUT2D eigenvalue weighted by Gasteiger charge is 2.65. The second-order valence-electron chi connectivity index (χ2n) is 13.2. The Hall–Kier alpha value is -3.72. The van der Waals surface area contributed by atoms with Crippen LogP contribution < -0.4 is 11.3 Å². The molecule has 5 rings (SSSR count). The summed E-state index contributed by atoms with van der Waals surface area (Å²) in [4.78, 5) is 75.7. The highest BCUT2D eigenvalue weighted by Crippen LogP contribution is 2.65. The molecule has 14 heteroatoms. The molecule has 4 aliphatic rings. The number of nitrogens with two attached hydrogens (primary N) is 1. The quantitative estimate of drug-likeness (QED) is 0.0567. The largest absolute Gasteiger partial charge is 0.461 e. The first-order chi connectivity index (χ1) is 23.8. The monoisotopic (exact) mass is 725 g/mol. The standard InChI is InChI=1S/C36H43N3O9S2/c1-21-15-25-32(22(2)36(11-12-36)35(3,46)33(25)44)26(21)18-49-19-30(42)47-13-14-48-31(43)20-50-27-16-29(41)39(34(27)45)17-24-9-7-23(8-10-24)5-4-6-28(40)38-37/h7-10,15,27,46H,4-6,11-14,16-20,37H2,1-3H3,(H,38,40)/t27?,35-/m0/s1. The zero-order chi connectivity index (χ0) is 36.2. The minimum absolute atomic E-state index is 0.00397. The Labute approximate surface area is 299 Å². The van der Waals surface area contributed by atoms with Crippen LogP contribution in [0.3, 0.4) is 0 Å². The van der Waals surface area contributed by atoms with Crippen molar-refractivity contribution in [2.75, 3.05) is 30.5 Å². The fraction of sp³-hybridized carbons (Fsp3) is 0.500. The molecule has 268 valence electrons. The fourth-order valence-electron chi connectivity index (χ4n) is 6.87. The molecule has 1 heterocycles. The molecule has 1 saturated heterocycles.